The number of primary amides is 1. The fraction of sp³-hybridized carbons (Fsp3) is 0. The molecule has 0 aliphatic carbocycles. The Morgan fingerprint density at radius 2 is 2.29 bits per heavy atom. The fourth-order valence-corrected chi connectivity index (χ4v) is 1.24. The molecule has 0 bridgehead atoms. The lowest BCUT2D eigenvalue weighted by molar-refractivity contribution is 0.0999. The van der Waals surface area contributed by atoms with Gasteiger partial charge in [0.2, 0.25) is 5.91 Å². The molecule has 0 atom stereocenters. The number of hydrogen-bond acceptors (Lipinski definition) is 3. The Balaban J connectivity index is 2.68. The number of aromatic nitrogens is 2. The molecule has 0 spiro atoms. The van der Waals surface area contributed by atoms with Crippen LogP contribution in [0.2, 0.25) is 0 Å². The molecule has 14 heavy (non-hydrogen) atoms. The first-order chi connectivity index (χ1) is 6.72. The van der Waals surface area contributed by atoms with E-state index in [2.05, 4.69) is 5.10 Å². The van der Waals surface area contributed by atoms with E-state index in [0.717, 1.165) is 0 Å². The number of aldehydes is 1. The van der Waals surface area contributed by atoms with Gasteiger partial charge in [-0.2, -0.15) is 5.10 Å². The predicted octanol–water partition coefficient (Wildman–Crippen LogP) is 0.246. The maximum absolute atomic E-state index is 10.8. The SMILES string of the molecule is NC(=O)c1cnn2c(C=O)ccc2c1. The molecule has 0 radical (unpaired) electrons. The molecule has 0 aromatic carbocycles. The van der Waals surface area contributed by atoms with Gasteiger partial charge in [-0.05, 0) is 18.2 Å². The molecule has 5 heteroatoms. The second-order valence-corrected chi connectivity index (χ2v) is 2.82. The van der Waals surface area contributed by atoms with E-state index in [-0.39, 0.29) is 0 Å². The summed E-state index contributed by atoms with van der Waals surface area (Å²) in [5, 5.41) is 3.92. The van der Waals surface area contributed by atoms with Crippen LogP contribution in [0, 0.1) is 0 Å². The zero-order valence-electron chi connectivity index (χ0n) is 7.18. The summed E-state index contributed by atoms with van der Waals surface area (Å²) >= 11 is 0. The van der Waals surface area contributed by atoms with Crippen molar-refractivity contribution in [2.45, 2.75) is 0 Å². The third-order valence-corrected chi connectivity index (χ3v) is 1.93. The van der Waals surface area contributed by atoms with E-state index >= 15 is 0 Å². The minimum absolute atomic E-state index is 0.327. The highest BCUT2D eigenvalue weighted by molar-refractivity contribution is 5.93. The minimum atomic E-state index is -0.533. The Morgan fingerprint density at radius 1 is 1.50 bits per heavy atom. The molecule has 0 unspecified atom stereocenters. The molecular weight excluding hydrogens is 182 g/mol. The Hall–Kier alpha value is -2.17. The standard InChI is InChI=1S/C9H7N3O2/c10-9(14)6-3-7-1-2-8(5-13)12(7)11-4-6/h1-5H,(H2,10,14). The number of nitrogens with two attached hydrogens (primary N) is 1. The van der Waals surface area contributed by atoms with E-state index < -0.39 is 5.91 Å². The number of rotatable bonds is 2. The Labute approximate surface area is 79.1 Å². The normalized spacial score (nSPS) is 10.3. The number of nitrogens with zero attached hydrogens (tertiary/aromatic N) is 2. The zero-order chi connectivity index (χ0) is 10.1. The predicted molar refractivity (Wildman–Crippen MR) is 49.1 cm³/mol. The van der Waals surface area contributed by atoms with Crippen LogP contribution < -0.4 is 5.73 Å². The molecule has 0 saturated carbocycles. The van der Waals surface area contributed by atoms with Gasteiger partial charge in [-0.1, -0.05) is 0 Å². The molecule has 2 aromatic rings. The number of carbonyl (C=O) groups is 2. The molecular formula is C9H7N3O2. The van der Waals surface area contributed by atoms with Gasteiger partial charge < -0.3 is 5.73 Å². The van der Waals surface area contributed by atoms with Crippen LogP contribution >= 0.6 is 0 Å². The smallest absolute Gasteiger partial charge is 0.250 e. The minimum Gasteiger partial charge on any atom is -0.366 e. The van der Waals surface area contributed by atoms with Gasteiger partial charge in [0.25, 0.3) is 0 Å². The van der Waals surface area contributed by atoms with E-state index in [9.17, 15) is 9.59 Å². The van der Waals surface area contributed by atoms with E-state index in [1.165, 1.54) is 10.7 Å². The second-order valence-electron chi connectivity index (χ2n) is 2.82. The quantitative estimate of drug-likeness (QED) is 0.687. The average Bonchev–Trinajstić information content (AvgIpc) is 2.59. The van der Waals surface area contributed by atoms with Gasteiger partial charge in [-0.15, -0.1) is 0 Å². The van der Waals surface area contributed by atoms with E-state index in [0.29, 0.717) is 23.1 Å². The van der Waals surface area contributed by atoms with Crippen LogP contribution in [-0.4, -0.2) is 21.8 Å². The van der Waals surface area contributed by atoms with E-state index in [4.69, 9.17) is 5.73 Å². The van der Waals surface area contributed by atoms with Crippen LogP contribution in [0.15, 0.2) is 24.4 Å². The average molecular weight is 189 g/mol. The molecule has 5 nitrogen and oxygen atoms in total. The summed E-state index contributed by atoms with van der Waals surface area (Å²) in [7, 11) is 0. The summed E-state index contributed by atoms with van der Waals surface area (Å²) in [6, 6.07) is 4.91. The zero-order valence-corrected chi connectivity index (χ0v) is 7.18. The lowest BCUT2D eigenvalue weighted by Gasteiger charge is -1.97. The molecule has 2 rings (SSSR count). The molecule has 70 valence electrons. The van der Waals surface area contributed by atoms with Gasteiger partial charge >= 0.3 is 0 Å². The maximum Gasteiger partial charge on any atom is 0.250 e. The van der Waals surface area contributed by atoms with Crippen LogP contribution in [0.25, 0.3) is 5.52 Å². The van der Waals surface area contributed by atoms with E-state index in [1.54, 1.807) is 18.2 Å². The number of carbonyl (C=O) groups excluding carboxylic acids is 2. The molecule has 0 fully saturated rings. The summed E-state index contributed by atoms with van der Waals surface area (Å²) in [4.78, 5) is 21.4. The molecule has 0 aliphatic heterocycles. The summed E-state index contributed by atoms with van der Waals surface area (Å²) in [5.74, 6) is -0.533. The highest BCUT2D eigenvalue weighted by Crippen LogP contribution is 2.08. The van der Waals surface area contributed by atoms with Crippen molar-refractivity contribution < 1.29 is 9.59 Å². The van der Waals surface area contributed by atoms with Gasteiger partial charge in [0.15, 0.2) is 6.29 Å². The largest absolute Gasteiger partial charge is 0.366 e. The first-order valence-electron chi connectivity index (χ1n) is 3.95. The van der Waals surface area contributed by atoms with Crippen molar-refractivity contribution in [1.29, 1.82) is 0 Å². The molecule has 2 heterocycles. The first kappa shape index (κ1) is 8.43. The molecule has 0 saturated heterocycles. The van der Waals surface area contributed by atoms with Crippen molar-refractivity contribution in [2.75, 3.05) is 0 Å². The van der Waals surface area contributed by atoms with Crippen molar-refractivity contribution in [3.05, 3.63) is 35.7 Å². The third-order valence-electron chi connectivity index (χ3n) is 1.93. The molecule has 1 amide bonds. The van der Waals surface area contributed by atoms with Gasteiger partial charge in [0.1, 0.15) is 5.69 Å². The summed E-state index contributed by atoms with van der Waals surface area (Å²) in [6.45, 7) is 0. The van der Waals surface area contributed by atoms with Crippen molar-refractivity contribution in [1.82, 2.24) is 9.61 Å². The van der Waals surface area contributed by atoms with Crippen LogP contribution in [-0.2, 0) is 0 Å². The van der Waals surface area contributed by atoms with Crippen molar-refractivity contribution in [2.24, 2.45) is 5.73 Å². The maximum atomic E-state index is 10.8. The van der Waals surface area contributed by atoms with Crippen LogP contribution in [0.5, 0.6) is 0 Å². The number of amides is 1. The summed E-state index contributed by atoms with van der Waals surface area (Å²) in [6.07, 6.45) is 2.03. The highest BCUT2D eigenvalue weighted by atomic mass is 16.1. The fourth-order valence-electron chi connectivity index (χ4n) is 1.24. The third kappa shape index (κ3) is 1.15. The van der Waals surface area contributed by atoms with Crippen molar-refractivity contribution in [3.63, 3.8) is 0 Å². The monoisotopic (exact) mass is 189 g/mol. The van der Waals surface area contributed by atoms with Gasteiger partial charge in [-0.3, -0.25) is 9.59 Å². The Bertz CT molecular complexity index is 516. The molecule has 2 N–H and O–H groups in total. The lowest BCUT2D eigenvalue weighted by Crippen LogP contribution is -2.12. The molecule has 0 aliphatic rings. The van der Waals surface area contributed by atoms with E-state index in [1.807, 2.05) is 0 Å². The highest BCUT2D eigenvalue weighted by Gasteiger charge is 2.05. The molecule has 2 aromatic heterocycles. The van der Waals surface area contributed by atoms with Crippen LogP contribution in [0.1, 0.15) is 20.8 Å². The summed E-state index contributed by atoms with van der Waals surface area (Å²) < 4.78 is 1.44. The number of fused-ring (bicyclic) bond motifs is 1. The summed E-state index contributed by atoms with van der Waals surface area (Å²) in [5.41, 5.74) is 6.52. The van der Waals surface area contributed by atoms with Gasteiger partial charge in [0.05, 0.1) is 17.3 Å². The van der Waals surface area contributed by atoms with Crippen LogP contribution in [0.3, 0.4) is 0 Å². The topological polar surface area (TPSA) is 77.5 Å². The Morgan fingerprint density at radius 3 is 2.93 bits per heavy atom. The number of hydrogen-bond donors (Lipinski definition) is 1. The van der Waals surface area contributed by atoms with Gasteiger partial charge in [0, 0.05) is 0 Å². The van der Waals surface area contributed by atoms with Crippen molar-refractivity contribution >= 4 is 17.7 Å². The Kier molecular flexibility index (Phi) is 1.78. The lowest BCUT2D eigenvalue weighted by atomic mass is 10.3. The first-order valence-corrected chi connectivity index (χ1v) is 3.95. The van der Waals surface area contributed by atoms with Crippen LogP contribution in [0.4, 0.5) is 0 Å². The van der Waals surface area contributed by atoms with Gasteiger partial charge in [-0.25, -0.2) is 4.52 Å². The second kappa shape index (κ2) is 2.95. The van der Waals surface area contributed by atoms with Crippen molar-refractivity contribution in [3.8, 4) is 0 Å².